The van der Waals surface area contributed by atoms with Crippen molar-refractivity contribution in [3.05, 3.63) is 11.5 Å². The summed E-state index contributed by atoms with van der Waals surface area (Å²) in [5, 5.41) is 0. The molecule has 0 saturated heterocycles. The van der Waals surface area contributed by atoms with E-state index in [2.05, 4.69) is 4.98 Å². The van der Waals surface area contributed by atoms with E-state index >= 15 is 0 Å². The Labute approximate surface area is 51.7 Å². The van der Waals surface area contributed by atoms with Crippen molar-refractivity contribution in [3.63, 3.8) is 0 Å². The maximum absolute atomic E-state index is 10.1. The molecule has 4 heteroatoms. The molecule has 0 aliphatic carbocycles. The van der Waals surface area contributed by atoms with Crippen molar-refractivity contribution in [3.8, 4) is 0 Å². The van der Waals surface area contributed by atoms with Crippen LogP contribution in [0.25, 0.3) is 0 Å². The molecule has 0 atom stereocenters. The zero-order valence-corrected chi connectivity index (χ0v) is 4.92. The van der Waals surface area contributed by atoms with Gasteiger partial charge >= 0.3 is 0 Å². The number of nitrogens with two attached hydrogens (primary N) is 1. The van der Waals surface area contributed by atoms with Gasteiger partial charge in [-0.3, -0.25) is 4.79 Å². The molecule has 4 nitrogen and oxygen atoms in total. The third kappa shape index (κ3) is 0.910. The molecule has 1 rings (SSSR count). The van der Waals surface area contributed by atoms with E-state index in [1.165, 1.54) is 0 Å². The first-order valence-electron chi connectivity index (χ1n) is 2.42. The van der Waals surface area contributed by atoms with Crippen LogP contribution in [-0.2, 0) is 0 Å². The van der Waals surface area contributed by atoms with Crippen LogP contribution >= 0.6 is 0 Å². The average Bonchev–Trinajstić information content (AvgIpc) is 2.10. The number of hydrogen-bond donors (Lipinski definition) is 1. The summed E-state index contributed by atoms with van der Waals surface area (Å²) >= 11 is 0. The SMILES string of the molecule is Cc1oc(N)nc1C=O. The van der Waals surface area contributed by atoms with Crippen molar-refractivity contribution in [2.75, 3.05) is 5.73 Å². The molecule has 2 N–H and O–H groups in total. The van der Waals surface area contributed by atoms with Gasteiger partial charge in [0.1, 0.15) is 11.5 Å². The van der Waals surface area contributed by atoms with Gasteiger partial charge in [0.05, 0.1) is 0 Å². The van der Waals surface area contributed by atoms with Gasteiger partial charge in [-0.05, 0) is 6.92 Å². The summed E-state index contributed by atoms with van der Waals surface area (Å²) < 4.78 is 4.74. The van der Waals surface area contributed by atoms with E-state index in [4.69, 9.17) is 10.2 Å². The molecule has 0 amide bonds. The van der Waals surface area contributed by atoms with Gasteiger partial charge in [-0.2, -0.15) is 4.98 Å². The zero-order valence-electron chi connectivity index (χ0n) is 4.92. The number of rotatable bonds is 1. The summed E-state index contributed by atoms with van der Waals surface area (Å²) in [7, 11) is 0. The second-order valence-electron chi connectivity index (χ2n) is 1.61. The van der Waals surface area contributed by atoms with Gasteiger partial charge in [-0.1, -0.05) is 0 Å². The molecule has 0 radical (unpaired) electrons. The van der Waals surface area contributed by atoms with Crippen LogP contribution in [0.1, 0.15) is 16.2 Å². The summed E-state index contributed by atoms with van der Waals surface area (Å²) in [5.41, 5.74) is 5.39. The van der Waals surface area contributed by atoms with Crippen LogP contribution in [0.5, 0.6) is 0 Å². The second-order valence-corrected chi connectivity index (χ2v) is 1.61. The number of aldehydes is 1. The number of hydrogen-bond acceptors (Lipinski definition) is 4. The normalized spacial score (nSPS) is 9.44. The lowest BCUT2D eigenvalue weighted by Crippen LogP contribution is -1.84. The number of nitrogens with zero attached hydrogens (tertiary/aromatic N) is 1. The van der Waals surface area contributed by atoms with Crippen LogP contribution < -0.4 is 5.73 Å². The molecular formula is C5H6N2O2. The monoisotopic (exact) mass is 126 g/mol. The summed E-state index contributed by atoms with van der Waals surface area (Å²) in [5.74, 6) is 0.461. The van der Waals surface area contributed by atoms with Crippen molar-refractivity contribution in [1.82, 2.24) is 4.98 Å². The topological polar surface area (TPSA) is 69.1 Å². The highest BCUT2D eigenvalue weighted by Crippen LogP contribution is 2.07. The molecule has 1 heterocycles. The Bertz CT molecular complexity index is 229. The molecule has 0 spiro atoms. The van der Waals surface area contributed by atoms with Crippen LogP contribution in [0, 0.1) is 6.92 Å². The molecule has 1 aromatic rings. The lowest BCUT2D eigenvalue weighted by atomic mass is 10.4. The van der Waals surface area contributed by atoms with E-state index < -0.39 is 0 Å². The molecule has 0 aromatic carbocycles. The summed E-state index contributed by atoms with van der Waals surface area (Å²) in [6, 6.07) is 0.0367. The summed E-state index contributed by atoms with van der Waals surface area (Å²) in [6.45, 7) is 1.63. The molecule has 1 aromatic heterocycles. The average molecular weight is 126 g/mol. The Morgan fingerprint density at radius 2 is 2.44 bits per heavy atom. The Balaban J connectivity index is 3.15. The largest absolute Gasteiger partial charge is 0.428 e. The lowest BCUT2D eigenvalue weighted by Gasteiger charge is -1.76. The molecule has 0 fully saturated rings. The Hall–Kier alpha value is -1.32. The number of anilines is 1. The molecule has 48 valence electrons. The minimum absolute atomic E-state index is 0.0367. The highest BCUT2D eigenvalue weighted by Gasteiger charge is 2.03. The minimum Gasteiger partial charge on any atom is -0.428 e. The quantitative estimate of drug-likeness (QED) is 0.552. The van der Waals surface area contributed by atoms with E-state index in [9.17, 15) is 4.79 Å². The zero-order chi connectivity index (χ0) is 6.85. The van der Waals surface area contributed by atoms with Crippen molar-refractivity contribution in [1.29, 1.82) is 0 Å². The Morgan fingerprint density at radius 3 is 2.67 bits per heavy atom. The molecular weight excluding hydrogens is 120 g/mol. The molecule has 0 saturated carbocycles. The van der Waals surface area contributed by atoms with Gasteiger partial charge in [0.15, 0.2) is 6.29 Å². The molecule has 0 aliphatic rings. The maximum Gasteiger partial charge on any atom is 0.292 e. The number of aromatic nitrogens is 1. The predicted molar refractivity (Wildman–Crippen MR) is 31.0 cm³/mol. The van der Waals surface area contributed by atoms with Gasteiger partial charge in [0, 0.05) is 0 Å². The van der Waals surface area contributed by atoms with Crippen molar-refractivity contribution >= 4 is 12.3 Å². The Morgan fingerprint density at radius 1 is 1.78 bits per heavy atom. The first-order valence-corrected chi connectivity index (χ1v) is 2.42. The van der Waals surface area contributed by atoms with Crippen molar-refractivity contribution < 1.29 is 9.21 Å². The van der Waals surface area contributed by atoms with E-state index in [0.717, 1.165) is 0 Å². The third-order valence-electron chi connectivity index (χ3n) is 0.961. The standard InChI is InChI=1S/C5H6N2O2/c1-3-4(2-8)7-5(6)9-3/h2H,1H3,(H2,6,7). The minimum atomic E-state index is 0.0367. The van der Waals surface area contributed by atoms with Gasteiger partial charge in [0.25, 0.3) is 6.01 Å². The van der Waals surface area contributed by atoms with Crippen LogP contribution in [0.2, 0.25) is 0 Å². The van der Waals surface area contributed by atoms with E-state index in [0.29, 0.717) is 12.0 Å². The van der Waals surface area contributed by atoms with Crippen LogP contribution in [0.3, 0.4) is 0 Å². The molecule has 0 unspecified atom stereocenters. The van der Waals surface area contributed by atoms with E-state index in [1.807, 2.05) is 0 Å². The highest BCUT2D eigenvalue weighted by atomic mass is 16.4. The van der Waals surface area contributed by atoms with Gasteiger partial charge in [-0.25, -0.2) is 0 Å². The fourth-order valence-corrected chi connectivity index (χ4v) is 0.539. The van der Waals surface area contributed by atoms with Crippen LogP contribution in [0.15, 0.2) is 4.42 Å². The first-order chi connectivity index (χ1) is 4.24. The summed E-state index contributed by atoms with van der Waals surface area (Å²) in [4.78, 5) is 13.6. The van der Waals surface area contributed by atoms with Crippen molar-refractivity contribution in [2.24, 2.45) is 0 Å². The fourth-order valence-electron chi connectivity index (χ4n) is 0.539. The van der Waals surface area contributed by atoms with Crippen molar-refractivity contribution in [2.45, 2.75) is 6.92 Å². The molecule has 9 heavy (non-hydrogen) atoms. The Kier molecular flexibility index (Phi) is 1.22. The molecule has 0 aliphatic heterocycles. The second kappa shape index (κ2) is 1.89. The third-order valence-corrected chi connectivity index (χ3v) is 0.961. The lowest BCUT2D eigenvalue weighted by molar-refractivity contribution is 0.111. The van der Waals surface area contributed by atoms with Gasteiger partial charge in [0.2, 0.25) is 0 Å². The summed E-state index contributed by atoms with van der Waals surface area (Å²) in [6.07, 6.45) is 0.606. The van der Waals surface area contributed by atoms with E-state index in [1.54, 1.807) is 6.92 Å². The van der Waals surface area contributed by atoms with E-state index in [-0.39, 0.29) is 11.7 Å². The van der Waals surface area contributed by atoms with Gasteiger partial charge in [-0.15, -0.1) is 0 Å². The number of carbonyl (C=O) groups is 1. The maximum atomic E-state index is 10.1. The smallest absolute Gasteiger partial charge is 0.292 e. The fraction of sp³-hybridized carbons (Fsp3) is 0.200. The number of aryl methyl sites for hydroxylation is 1. The molecule has 0 bridgehead atoms. The van der Waals surface area contributed by atoms with Crippen LogP contribution in [-0.4, -0.2) is 11.3 Å². The highest BCUT2D eigenvalue weighted by molar-refractivity contribution is 5.73. The number of nitrogen functional groups attached to an aromatic ring is 1. The number of oxazole rings is 1. The predicted octanol–water partition coefficient (Wildman–Crippen LogP) is 0.378. The number of carbonyl (C=O) groups excluding carboxylic acids is 1. The van der Waals surface area contributed by atoms with Gasteiger partial charge < -0.3 is 10.2 Å². The van der Waals surface area contributed by atoms with Crippen LogP contribution in [0.4, 0.5) is 6.01 Å². The first kappa shape index (κ1) is 5.81.